The third-order valence-electron chi connectivity index (χ3n) is 2.66. The maximum absolute atomic E-state index is 11.7. The fourth-order valence-corrected chi connectivity index (χ4v) is 1.87. The first kappa shape index (κ1) is 13.3. The van der Waals surface area contributed by atoms with Crippen molar-refractivity contribution in [1.29, 1.82) is 0 Å². The van der Waals surface area contributed by atoms with E-state index in [0.29, 0.717) is 22.1 Å². The number of hydrazone groups is 1. The van der Waals surface area contributed by atoms with Crippen LogP contribution in [0.4, 0.5) is 0 Å². The first-order chi connectivity index (χ1) is 10.2. The van der Waals surface area contributed by atoms with Crippen molar-refractivity contribution in [3.8, 4) is 11.5 Å². The average molecular weight is 305 g/mol. The highest BCUT2D eigenvalue weighted by Gasteiger charge is 2.15. The van der Waals surface area contributed by atoms with Crippen molar-refractivity contribution >= 4 is 23.7 Å². The Labute approximate surface area is 124 Å². The van der Waals surface area contributed by atoms with Gasteiger partial charge in [-0.1, -0.05) is 11.6 Å². The smallest absolute Gasteiger partial charge is 0.291 e. The molecule has 1 aliphatic heterocycles. The van der Waals surface area contributed by atoms with Crippen LogP contribution in [0, 0.1) is 0 Å². The second-order valence-electron chi connectivity index (χ2n) is 4.02. The van der Waals surface area contributed by atoms with Crippen LogP contribution in [0.2, 0.25) is 5.02 Å². The largest absolute Gasteiger partial charge is 0.454 e. The molecule has 0 radical (unpaired) electrons. The van der Waals surface area contributed by atoms with Crippen molar-refractivity contribution in [1.82, 2.24) is 15.4 Å². The Morgan fingerprint density at radius 2 is 2.14 bits per heavy atom. The number of rotatable bonds is 3. The number of amides is 1. The molecule has 21 heavy (non-hydrogen) atoms. The van der Waals surface area contributed by atoms with E-state index in [4.69, 9.17) is 21.1 Å². The van der Waals surface area contributed by atoms with Crippen LogP contribution in [0.25, 0.3) is 0 Å². The molecule has 106 valence electrons. The quantitative estimate of drug-likeness (QED) is 0.688. The molecule has 0 saturated heterocycles. The second kappa shape index (κ2) is 5.76. The molecule has 0 aliphatic carbocycles. The van der Waals surface area contributed by atoms with E-state index < -0.39 is 5.91 Å². The van der Waals surface area contributed by atoms with Crippen LogP contribution in [0.5, 0.6) is 11.5 Å². The minimum Gasteiger partial charge on any atom is -0.454 e. The third kappa shape index (κ3) is 2.92. The standard InChI is InChI=1S/C13H9ClN4O3/c14-9-4-12-11(20-7-21-12)3-8(9)5-17-18-13(19)10-6-15-1-2-16-10/h1-6H,7H2,(H,18,19)/b17-5-. The molecule has 0 bridgehead atoms. The molecule has 1 aromatic heterocycles. The molecule has 0 atom stereocenters. The summed E-state index contributed by atoms with van der Waals surface area (Å²) in [6, 6.07) is 3.32. The number of hydrogen-bond donors (Lipinski definition) is 1. The van der Waals surface area contributed by atoms with Gasteiger partial charge in [0.2, 0.25) is 6.79 Å². The van der Waals surface area contributed by atoms with Crippen LogP contribution in [-0.4, -0.2) is 28.9 Å². The normalized spacial score (nSPS) is 12.6. The average Bonchev–Trinajstić information content (AvgIpc) is 2.95. The summed E-state index contributed by atoms with van der Waals surface area (Å²) in [4.78, 5) is 19.4. The zero-order chi connectivity index (χ0) is 14.7. The van der Waals surface area contributed by atoms with Crippen LogP contribution in [0.1, 0.15) is 16.1 Å². The number of hydrogen-bond acceptors (Lipinski definition) is 6. The minimum atomic E-state index is -0.462. The number of fused-ring (bicyclic) bond motifs is 1. The van der Waals surface area contributed by atoms with Crippen LogP contribution < -0.4 is 14.9 Å². The maximum atomic E-state index is 11.7. The van der Waals surface area contributed by atoms with Crippen molar-refractivity contribution in [3.05, 3.63) is 47.0 Å². The van der Waals surface area contributed by atoms with E-state index in [-0.39, 0.29) is 12.5 Å². The summed E-state index contributed by atoms with van der Waals surface area (Å²) in [6.07, 6.45) is 5.66. The van der Waals surface area contributed by atoms with Crippen LogP contribution in [-0.2, 0) is 0 Å². The number of benzene rings is 1. The number of ether oxygens (including phenoxy) is 2. The zero-order valence-corrected chi connectivity index (χ0v) is 11.4. The molecule has 0 saturated carbocycles. The summed E-state index contributed by atoms with van der Waals surface area (Å²) >= 11 is 6.08. The lowest BCUT2D eigenvalue weighted by Crippen LogP contribution is -2.19. The van der Waals surface area contributed by atoms with Gasteiger partial charge in [-0.05, 0) is 6.07 Å². The minimum absolute atomic E-state index is 0.162. The summed E-state index contributed by atoms with van der Waals surface area (Å²) in [6.45, 7) is 0.162. The summed E-state index contributed by atoms with van der Waals surface area (Å²) < 4.78 is 10.4. The highest BCUT2D eigenvalue weighted by Crippen LogP contribution is 2.36. The lowest BCUT2D eigenvalue weighted by Gasteiger charge is -2.01. The van der Waals surface area contributed by atoms with E-state index in [1.54, 1.807) is 12.1 Å². The second-order valence-corrected chi connectivity index (χ2v) is 4.42. The van der Waals surface area contributed by atoms with Crippen LogP contribution in [0.15, 0.2) is 35.8 Å². The number of aromatic nitrogens is 2. The van der Waals surface area contributed by atoms with E-state index in [1.165, 1.54) is 24.8 Å². The number of carbonyl (C=O) groups is 1. The molecule has 3 rings (SSSR count). The molecule has 0 unspecified atom stereocenters. The SMILES string of the molecule is O=C(N/N=C\c1cc2c(cc1Cl)OCO2)c1cnccn1. The first-order valence-electron chi connectivity index (χ1n) is 5.92. The van der Waals surface area contributed by atoms with Gasteiger partial charge in [-0.2, -0.15) is 5.10 Å². The summed E-state index contributed by atoms with van der Waals surface area (Å²) in [5.41, 5.74) is 3.11. The van der Waals surface area contributed by atoms with Gasteiger partial charge in [0.05, 0.1) is 17.4 Å². The Morgan fingerprint density at radius 3 is 2.90 bits per heavy atom. The Hall–Kier alpha value is -2.67. The van der Waals surface area contributed by atoms with Crippen LogP contribution in [0.3, 0.4) is 0 Å². The highest BCUT2D eigenvalue weighted by molar-refractivity contribution is 6.33. The number of nitrogens with one attached hydrogen (secondary N) is 1. The summed E-state index contributed by atoms with van der Waals surface area (Å²) in [7, 11) is 0. The predicted molar refractivity (Wildman–Crippen MR) is 74.7 cm³/mol. The molecule has 2 aromatic rings. The summed E-state index contributed by atoms with van der Waals surface area (Å²) in [5, 5.41) is 4.27. The van der Waals surface area contributed by atoms with Crippen molar-refractivity contribution in [2.24, 2.45) is 5.10 Å². The zero-order valence-electron chi connectivity index (χ0n) is 10.6. The molecule has 2 heterocycles. The van der Waals surface area contributed by atoms with Gasteiger partial charge in [0.1, 0.15) is 5.69 Å². The molecular formula is C13H9ClN4O3. The summed E-state index contributed by atoms with van der Waals surface area (Å²) in [5.74, 6) is 0.707. The fraction of sp³-hybridized carbons (Fsp3) is 0.0769. The van der Waals surface area contributed by atoms with Gasteiger partial charge in [-0.25, -0.2) is 10.4 Å². The van der Waals surface area contributed by atoms with E-state index in [9.17, 15) is 4.79 Å². The first-order valence-corrected chi connectivity index (χ1v) is 6.30. The molecule has 8 heteroatoms. The van der Waals surface area contributed by atoms with Gasteiger partial charge in [-0.3, -0.25) is 9.78 Å². The molecule has 1 N–H and O–H groups in total. The Bertz CT molecular complexity index is 706. The van der Waals surface area contributed by atoms with Crippen molar-refractivity contribution in [3.63, 3.8) is 0 Å². The topological polar surface area (TPSA) is 85.7 Å². The van der Waals surface area contributed by atoms with Crippen molar-refractivity contribution in [2.75, 3.05) is 6.79 Å². The van der Waals surface area contributed by atoms with Crippen molar-refractivity contribution in [2.45, 2.75) is 0 Å². The fourth-order valence-electron chi connectivity index (χ4n) is 1.67. The van der Waals surface area contributed by atoms with Crippen molar-refractivity contribution < 1.29 is 14.3 Å². The number of halogens is 1. The number of carbonyl (C=O) groups excluding carboxylic acids is 1. The molecule has 7 nitrogen and oxygen atoms in total. The Balaban J connectivity index is 1.71. The van der Waals surface area contributed by atoms with Gasteiger partial charge in [-0.15, -0.1) is 0 Å². The lowest BCUT2D eigenvalue weighted by atomic mass is 10.2. The maximum Gasteiger partial charge on any atom is 0.291 e. The molecule has 0 fully saturated rings. The molecule has 0 spiro atoms. The van der Waals surface area contributed by atoms with Gasteiger partial charge in [0, 0.05) is 24.0 Å². The van der Waals surface area contributed by atoms with E-state index in [2.05, 4.69) is 20.5 Å². The molecule has 1 aliphatic rings. The van der Waals surface area contributed by atoms with Crippen LogP contribution >= 0.6 is 11.6 Å². The molecular weight excluding hydrogens is 296 g/mol. The monoisotopic (exact) mass is 304 g/mol. The van der Waals surface area contributed by atoms with E-state index in [1.807, 2.05) is 0 Å². The highest BCUT2D eigenvalue weighted by atomic mass is 35.5. The predicted octanol–water partition coefficient (Wildman–Crippen LogP) is 1.62. The molecule has 1 amide bonds. The number of nitrogens with zero attached hydrogens (tertiary/aromatic N) is 3. The van der Waals surface area contributed by atoms with Gasteiger partial charge < -0.3 is 9.47 Å². The third-order valence-corrected chi connectivity index (χ3v) is 2.98. The van der Waals surface area contributed by atoms with E-state index in [0.717, 1.165) is 0 Å². The lowest BCUT2D eigenvalue weighted by molar-refractivity contribution is 0.0949. The van der Waals surface area contributed by atoms with Gasteiger partial charge in [0.15, 0.2) is 11.5 Å². The molecule has 1 aromatic carbocycles. The van der Waals surface area contributed by atoms with Gasteiger partial charge >= 0.3 is 0 Å². The Morgan fingerprint density at radius 1 is 1.33 bits per heavy atom. The van der Waals surface area contributed by atoms with E-state index >= 15 is 0 Å². The Kier molecular flexibility index (Phi) is 3.65. The van der Waals surface area contributed by atoms with Gasteiger partial charge in [0.25, 0.3) is 5.91 Å².